The number of ether oxygens (including phenoxy) is 1. The normalized spacial score (nSPS) is 18.4. The molecular weight excluding hydrogens is 402 g/mol. The number of carbonyl (C=O) groups is 1. The Hall–Kier alpha value is -2.40. The molecule has 2 N–H and O–H groups in total. The van der Waals surface area contributed by atoms with Crippen LogP contribution in [-0.4, -0.2) is 41.8 Å². The quantitative estimate of drug-likeness (QED) is 0.754. The molecule has 9 nitrogen and oxygen atoms in total. The highest BCUT2D eigenvalue weighted by Crippen LogP contribution is 2.41. The first kappa shape index (κ1) is 18.9. The van der Waals surface area contributed by atoms with Crippen LogP contribution in [0.25, 0.3) is 0 Å². The van der Waals surface area contributed by atoms with E-state index in [1.165, 1.54) is 24.9 Å². The van der Waals surface area contributed by atoms with E-state index in [-0.39, 0.29) is 22.8 Å². The van der Waals surface area contributed by atoms with Crippen molar-refractivity contribution >= 4 is 33.8 Å². The number of fused-ring (bicyclic) bond motifs is 1. The number of nitrogens with zero attached hydrogens (tertiary/aromatic N) is 3. The molecule has 1 aliphatic carbocycles. The summed E-state index contributed by atoms with van der Waals surface area (Å²) in [4.78, 5) is 25.4. The summed E-state index contributed by atoms with van der Waals surface area (Å²) in [6.07, 6.45) is 2.72. The highest BCUT2D eigenvalue weighted by atomic mass is 32.2. The van der Waals surface area contributed by atoms with Crippen molar-refractivity contribution in [3.8, 4) is 6.01 Å². The molecule has 2 aliphatic rings. The number of rotatable bonds is 5. The molecule has 148 valence electrons. The molecule has 0 radical (unpaired) electrons. The lowest BCUT2D eigenvalue weighted by Crippen LogP contribution is -2.35. The van der Waals surface area contributed by atoms with Crippen LogP contribution in [0.3, 0.4) is 0 Å². The first-order chi connectivity index (χ1) is 13.4. The van der Waals surface area contributed by atoms with Crippen molar-refractivity contribution in [1.82, 2.24) is 19.7 Å². The van der Waals surface area contributed by atoms with Gasteiger partial charge in [-0.2, -0.15) is 15.0 Å². The summed E-state index contributed by atoms with van der Waals surface area (Å²) in [5, 5.41) is 2.65. The SMILES string of the molecule is COc1nc(NC(=O)NS(=O)(=O)c2cccc3c2SC(C)C3)nc(C2CC2)n1. The van der Waals surface area contributed by atoms with Gasteiger partial charge < -0.3 is 4.74 Å². The standard InChI is InChI=1S/C17H19N5O4S2/c1-9-8-11-4-3-5-12(13(11)27-9)28(24,25)22-16(23)20-15-18-14(10-6-7-10)19-17(21-15)26-2/h3-5,9-10H,6-8H2,1-2H3,(H2,18,19,20,21,22,23). The summed E-state index contributed by atoms with van der Waals surface area (Å²) in [6.45, 7) is 2.03. The van der Waals surface area contributed by atoms with Gasteiger partial charge in [0, 0.05) is 16.1 Å². The number of hydrogen-bond acceptors (Lipinski definition) is 8. The Bertz CT molecular complexity index is 1040. The highest BCUT2D eigenvalue weighted by molar-refractivity contribution is 8.01. The van der Waals surface area contributed by atoms with Gasteiger partial charge in [0.05, 0.1) is 7.11 Å². The van der Waals surface area contributed by atoms with E-state index in [0.717, 1.165) is 24.8 Å². The van der Waals surface area contributed by atoms with Crippen LogP contribution in [0.2, 0.25) is 0 Å². The molecule has 4 rings (SSSR count). The minimum Gasteiger partial charge on any atom is -0.467 e. The predicted octanol–water partition coefficient (Wildman–Crippen LogP) is 2.30. The fourth-order valence-electron chi connectivity index (χ4n) is 2.97. The number of aromatic nitrogens is 3. The Kier molecular flexibility index (Phi) is 4.88. The van der Waals surface area contributed by atoms with Gasteiger partial charge in [-0.05, 0) is 30.9 Å². The molecule has 2 amide bonds. The van der Waals surface area contributed by atoms with E-state index >= 15 is 0 Å². The summed E-state index contributed by atoms with van der Waals surface area (Å²) in [5.41, 5.74) is 0.970. The molecular formula is C17H19N5O4S2. The third-order valence-electron chi connectivity index (χ3n) is 4.39. The second-order valence-corrected chi connectivity index (χ2v) is 9.81. The Morgan fingerprint density at radius 1 is 1.25 bits per heavy atom. The molecule has 1 aromatic heterocycles. The second-order valence-electron chi connectivity index (χ2n) is 6.71. The highest BCUT2D eigenvalue weighted by Gasteiger charge is 2.30. The topological polar surface area (TPSA) is 123 Å². The Balaban J connectivity index is 1.53. The first-order valence-corrected chi connectivity index (χ1v) is 11.1. The van der Waals surface area contributed by atoms with Crippen molar-refractivity contribution in [2.45, 2.75) is 47.1 Å². The third-order valence-corrected chi connectivity index (χ3v) is 7.18. The number of benzene rings is 1. The van der Waals surface area contributed by atoms with E-state index in [1.807, 2.05) is 17.7 Å². The van der Waals surface area contributed by atoms with Crippen molar-refractivity contribution < 1.29 is 17.9 Å². The zero-order valence-electron chi connectivity index (χ0n) is 15.3. The molecule has 11 heteroatoms. The van der Waals surface area contributed by atoms with Gasteiger partial charge in [-0.3, -0.25) is 5.32 Å². The van der Waals surface area contributed by atoms with Crippen molar-refractivity contribution in [2.24, 2.45) is 0 Å². The molecule has 0 bridgehead atoms. The van der Waals surface area contributed by atoms with Gasteiger partial charge in [-0.1, -0.05) is 19.1 Å². The van der Waals surface area contributed by atoms with Crippen LogP contribution in [0.1, 0.15) is 37.1 Å². The van der Waals surface area contributed by atoms with Crippen LogP contribution >= 0.6 is 11.8 Å². The predicted molar refractivity (Wildman–Crippen MR) is 103 cm³/mol. The molecule has 1 unspecified atom stereocenters. The summed E-state index contributed by atoms with van der Waals surface area (Å²) >= 11 is 1.49. The molecule has 0 spiro atoms. The number of carbonyl (C=O) groups excluding carboxylic acids is 1. The largest absolute Gasteiger partial charge is 0.467 e. The van der Waals surface area contributed by atoms with Crippen LogP contribution in [0.4, 0.5) is 10.7 Å². The second kappa shape index (κ2) is 7.21. The molecule has 28 heavy (non-hydrogen) atoms. The summed E-state index contributed by atoms with van der Waals surface area (Å²) in [7, 11) is -2.63. The number of sulfonamides is 1. The van der Waals surface area contributed by atoms with Gasteiger partial charge >= 0.3 is 12.0 Å². The summed E-state index contributed by atoms with van der Waals surface area (Å²) in [5.74, 6) is 0.689. The van der Waals surface area contributed by atoms with Crippen molar-refractivity contribution in [1.29, 1.82) is 0 Å². The van der Waals surface area contributed by atoms with Crippen molar-refractivity contribution in [2.75, 3.05) is 12.4 Å². The van der Waals surface area contributed by atoms with Crippen LogP contribution < -0.4 is 14.8 Å². The maximum Gasteiger partial charge on any atom is 0.335 e. The number of methoxy groups -OCH3 is 1. The van der Waals surface area contributed by atoms with Crippen LogP contribution in [0, 0.1) is 0 Å². The number of amides is 2. The molecule has 1 fully saturated rings. The van der Waals surface area contributed by atoms with E-state index in [2.05, 4.69) is 20.3 Å². The average Bonchev–Trinajstić information content (AvgIpc) is 3.41. The first-order valence-electron chi connectivity index (χ1n) is 8.78. The minimum atomic E-state index is -4.04. The average molecular weight is 422 g/mol. The van der Waals surface area contributed by atoms with Gasteiger partial charge in [-0.15, -0.1) is 11.8 Å². The van der Waals surface area contributed by atoms with E-state index in [1.54, 1.807) is 6.07 Å². The van der Waals surface area contributed by atoms with Gasteiger partial charge in [0.2, 0.25) is 5.95 Å². The van der Waals surface area contributed by atoms with E-state index in [0.29, 0.717) is 16.0 Å². The van der Waals surface area contributed by atoms with E-state index in [9.17, 15) is 13.2 Å². The smallest absolute Gasteiger partial charge is 0.335 e. The van der Waals surface area contributed by atoms with Crippen molar-refractivity contribution in [3.05, 3.63) is 29.6 Å². The van der Waals surface area contributed by atoms with Crippen LogP contribution in [0.15, 0.2) is 28.0 Å². The van der Waals surface area contributed by atoms with Gasteiger partial charge in [0.25, 0.3) is 10.0 Å². The minimum absolute atomic E-state index is 0.0530. The maximum atomic E-state index is 12.7. The molecule has 2 aromatic rings. The molecule has 1 aliphatic heterocycles. The number of hydrogen-bond donors (Lipinski definition) is 2. The fourth-order valence-corrected chi connectivity index (χ4v) is 5.63. The lowest BCUT2D eigenvalue weighted by atomic mass is 10.1. The van der Waals surface area contributed by atoms with Gasteiger partial charge in [0.15, 0.2) is 0 Å². The number of urea groups is 1. The van der Waals surface area contributed by atoms with E-state index in [4.69, 9.17) is 4.74 Å². The maximum absolute atomic E-state index is 12.7. The van der Waals surface area contributed by atoms with Gasteiger partial charge in [0.1, 0.15) is 10.7 Å². The Labute approximate surface area is 166 Å². The van der Waals surface area contributed by atoms with Crippen molar-refractivity contribution in [3.63, 3.8) is 0 Å². The van der Waals surface area contributed by atoms with E-state index < -0.39 is 16.1 Å². The fraction of sp³-hybridized carbons (Fsp3) is 0.412. The monoisotopic (exact) mass is 421 g/mol. The Morgan fingerprint density at radius 2 is 2.04 bits per heavy atom. The summed E-state index contributed by atoms with van der Waals surface area (Å²) < 4.78 is 32.6. The number of nitrogens with one attached hydrogen (secondary N) is 2. The van der Waals surface area contributed by atoms with Crippen LogP contribution in [0.5, 0.6) is 6.01 Å². The lowest BCUT2D eigenvalue weighted by molar-refractivity contribution is 0.256. The Morgan fingerprint density at radius 3 is 2.75 bits per heavy atom. The molecule has 2 heterocycles. The number of anilines is 1. The molecule has 1 aromatic carbocycles. The molecule has 1 saturated carbocycles. The van der Waals surface area contributed by atoms with Gasteiger partial charge in [-0.25, -0.2) is 17.9 Å². The third kappa shape index (κ3) is 3.90. The molecule has 1 atom stereocenters. The zero-order chi connectivity index (χ0) is 19.9. The lowest BCUT2D eigenvalue weighted by Gasteiger charge is -2.11. The van der Waals surface area contributed by atoms with Crippen LogP contribution in [-0.2, 0) is 16.4 Å². The zero-order valence-corrected chi connectivity index (χ0v) is 16.9. The number of thioether (sulfide) groups is 1. The molecule has 0 saturated heterocycles. The summed E-state index contributed by atoms with van der Waals surface area (Å²) in [6, 6.07) is 4.21.